The number of carbonyl (C=O) groups is 1. The molecule has 1 aliphatic heterocycles. The Hall–Kier alpha value is -4.01. The molecule has 1 aromatic heterocycles. The summed E-state index contributed by atoms with van der Waals surface area (Å²) in [6, 6.07) is 10.6. The van der Waals surface area contributed by atoms with Gasteiger partial charge in [-0.1, -0.05) is 18.2 Å². The van der Waals surface area contributed by atoms with Gasteiger partial charge >= 0.3 is 0 Å². The fourth-order valence-corrected chi connectivity index (χ4v) is 3.91. The van der Waals surface area contributed by atoms with Gasteiger partial charge in [-0.05, 0) is 37.6 Å². The SMILES string of the molecule is COc1ccc(C)cc1NC(=O)C1=C(C)Nc2ncnn2C1c1cccc(OC)c1OC. The third kappa shape index (κ3) is 3.62. The summed E-state index contributed by atoms with van der Waals surface area (Å²) < 4.78 is 18.2. The van der Waals surface area contributed by atoms with Crippen LogP contribution < -0.4 is 24.8 Å². The standard InChI is InChI=1S/C23H25N5O4/c1-13-9-10-17(30-3)16(11-13)27-22(29)19-14(2)26-23-24-12-25-28(23)20(19)15-7-6-8-18(31-4)21(15)32-5/h6-12,20H,1-5H3,(H,27,29)(H,24,25,26). The highest BCUT2D eigenvalue weighted by Gasteiger charge is 2.36. The van der Waals surface area contributed by atoms with E-state index in [0.717, 1.165) is 11.1 Å². The van der Waals surface area contributed by atoms with Crippen molar-refractivity contribution in [2.75, 3.05) is 32.0 Å². The number of fused-ring (bicyclic) bond motifs is 1. The van der Waals surface area contributed by atoms with E-state index < -0.39 is 6.04 Å². The van der Waals surface area contributed by atoms with Gasteiger partial charge in [0.05, 0.1) is 32.6 Å². The first-order chi connectivity index (χ1) is 15.5. The quantitative estimate of drug-likeness (QED) is 0.611. The van der Waals surface area contributed by atoms with Crippen molar-refractivity contribution in [2.45, 2.75) is 19.9 Å². The molecule has 0 saturated carbocycles. The van der Waals surface area contributed by atoms with Crippen LogP contribution in [0, 0.1) is 6.92 Å². The van der Waals surface area contributed by atoms with Gasteiger partial charge in [0.1, 0.15) is 18.1 Å². The molecule has 9 nitrogen and oxygen atoms in total. The van der Waals surface area contributed by atoms with E-state index in [1.54, 1.807) is 32.1 Å². The lowest BCUT2D eigenvalue weighted by Gasteiger charge is -2.30. The fraction of sp³-hybridized carbons (Fsp3) is 0.261. The average molecular weight is 435 g/mol. The summed E-state index contributed by atoms with van der Waals surface area (Å²) in [6.07, 6.45) is 1.44. The van der Waals surface area contributed by atoms with E-state index in [-0.39, 0.29) is 5.91 Å². The number of methoxy groups -OCH3 is 3. The maximum atomic E-state index is 13.6. The van der Waals surface area contributed by atoms with Crippen molar-refractivity contribution < 1.29 is 19.0 Å². The van der Waals surface area contributed by atoms with Crippen LogP contribution >= 0.6 is 0 Å². The number of hydrogen-bond donors (Lipinski definition) is 2. The monoisotopic (exact) mass is 435 g/mol. The number of anilines is 2. The number of para-hydroxylation sites is 1. The molecule has 166 valence electrons. The van der Waals surface area contributed by atoms with Gasteiger partial charge in [0.2, 0.25) is 5.95 Å². The Balaban J connectivity index is 1.84. The van der Waals surface area contributed by atoms with Crippen LogP contribution in [-0.4, -0.2) is 42.0 Å². The van der Waals surface area contributed by atoms with Crippen molar-refractivity contribution in [1.82, 2.24) is 14.8 Å². The van der Waals surface area contributed by atoms with Gasteiger partial charge in [0.15, 0.2) is 11.5 Å². The number of nitrogens with zero attached hydrogens (tertiary/aromatic N) is 3. The lowest BCUT2D eigenvalue weighted by molar-refractivity contribution is -0.113. The molecule has 32 heavy (non-hydrogen) atoms. The Morgan fingerprint density at radius 2 is 1.84 bits per heavy atom. The zero-order chi connectivity index (χ0) is 22.8. The maximum absolute atomic E-state index is 13.6. The minimum Gasteiger partial charge on any atom is -0.495 e. The molecule has 3 aromatic rings. The average Bonchev–Trinajstić information content (AvgIpc) is 3.25. The van der Waals surface area contributed by atoms with Crippen molar-refractivity contribution in [3.8, 4) is 17.2 Å². The molecule has 0 spiro atoms. The molecule has 1 aliphatic rings. The number of benzene rings is 2. The number of amides is 1. The second kappa shape index (κ2) is 8.62. The summed E-state index contributed by atoms with van der Waals surface area (Å²) >= 11 is 0. The van der Waals surface area contributed by atoms with E-state index in [2.05, 4.69) is 20.7 Å². The number of ether oxygens (including phenoxy) is 3. The summed E-state index contributed by atoms with van der Waals surface area (Å²) in [5.74, 6) is 1.89. The molecular formula is C23H25N5O4. The molecule has 0 radical (unpaired) electrons. The van der Waals surface area contributed by atoms with Gasteiger partial charge in [-0.3, -0.25) is 4.79 Å². The Morgan fingerprint density at radius 3 is 2.56 bits per heavy atom. The van der Waals surface area contributed by atoms with E-state index in [1.165, 1.54) is 6.33 Å². The fourth-order valence-electron chi connectivity index (χ4n) is 3.91. The number of hydrogen-bond acceptors (Lipinski definition) is 7. The first-order valence-corrected chi connectivity index (χ1v) is 10.0. The summed E-state index contributed by atoms with van der Waals surface area (Å²) in [4.78, 5) is 17.9. The molecule has 1 amide bonds. The third-order valence-corrected chi connectivity index (χ3v) is 5.37. The molecule has 0 saturated heterocycles. The zero-order valence-corrected chi connectivity index (χ0v) is 18.6. The van der Waals surface area contributed by atoms with Crippen LogP contribution in [0.5, 0.6) is 17.2 Å². The molecule has 1 atom stereocenters. The molecule has 2 aromatic carbocycles. The maximum Gasteiger partial charge on any atom is 0.255 e. The third-order valence-electron chi connectivity index (χ3n) is 5.37. The van der Waals surface area contributed by atoms with E-state index in [4.69, 9.17) is 14.2 Å². The Kier molecular flexibility index (Phi) is 5.72. The topological polar surface area (TPSA) is 99.5 Å². The lowest BCUT2D eigenvalue weighted by atomic mass is 9.94. The first-order valence-electron chi connectivity index (χ1n) is 10.0. The minimum atomic E-state index is -0.588. The van der Waals surface area contributed by atoms with Crippen LogP contribution in [-0.2, 0) is 4.79 Å². The van der Waals surface area contributed by atoms with Crippen LogP contribution in [0.2, 0.25) is 0 Å². The van der Waals surface area contributed by atoms with Crippen LogP contribution in [0.1, 0.15) is 24.1 Å². The van der Waals surface area contributed by atoms with Crippen molar-refractivity contribution in [1.29, 1.82) is 0 Å². The molecule has 1 unspecified atom stereocenters. The second-order valence-corrected chi connectivity index (χ2v) is 7.34. The van der Waals surface area contributed by atoms with Crippen LogP contribution in [0.25, 0.3) is 0 Å². The molecule has 4 rings (SSSR count). The summed E-state index contributed by atoms with van der Waals surface area (Å²) in [6.45, 7) is 3.79. The summed E-state index contributed by atoms with van der Waals surface area (Å²) in [5, 5.41) is 10.5. The van der Waals surface area contributed by atoms with Gasteiger partial charge in [0.25, 0.3) is 5.91 Å². The highest BCUT2D eigenvalue weighted by molar-refractivity contribution is 6.06. The number of aryl methyl sites for hydroxylation is 1. The molecule has 9 heteroatoms. The van der Waals surface area contributed by atoms with E-state index in [9.17, 15) is 4.79 Å². The Morgan fingerprint density at radius 1 is 1.06 bits per heavy atom. The van der Waals surface area contributed by atoms with Gasteiger partial charge in [-0.2, -0.15) is 10.1 Å². The predicted octanol–water partition coefficient (Wildman–Crippen LogP) is 3.54. The van der Waals surface area contributed by atoms with Crippen molar-refractivity contribution >= 4 is 17.5 Å². The molecule has 2 N–H and O–H groups in total. The van der Waals surface area contributed by atoms with Crippen LogP contribution in [0.3, 0.4) is 0 Å². The summed E-state index contributed by atoms with van der Waals surface area (Å²) in [7, 11) is 4.71. The number of rotatable bonds is 6. The highest BCUT2D eigenvalue weighted by atomic mass is 16.5. The molecular weight excluding hydrogens is 410 g/mol. The molecule has 0 fully saturated rings. The Bertz CT molecular complexity index is 1200. The van der Waals surface area contributed by atoms with Gasteiger partial charge in [-0.25, -0.2) is 4.68 Å². The molecule has 0 bridgehead atoms. The molecule has 2 heterocycles. The van der Waals surface area contributed by atoms with Gasteiger partial charge in [-0.15, -0.1) is 0 Å². The van der Waals surface area contributed by atoms with E-state index in [1.807, 2.05) is 44.2 Å². The normalized spacial score (nSPS) is 15.0. The largest absolute Gasteiger partial charge is 0.495 e. The minimum absolute atomic E-state index is 0.296. The summed E-state index contributed by atoms with van der Waals surface area (Å²) in [5.41, 5.74) is 3.43. The number of carbonyl (C=O) groups excluding carboxylic acids is 1. The zero-order valence-electron chi connectivity index (χ0n) is 18.6. The number of aromatic nitrogens is 3. The number of nitrogens with one attached hydrogen (secondary N) is 2. The first kappa shape index (κ1) is 21.2. The molecule has 0 aliphatic carbocycles. The van der Waals surface area contributed by atoms with Crippen LogP contribution in [0.15, 0.2) is 54.0 Å². The van der Waals surface area contributed by atoms with Gasteiger partial charge in [0, 0.05) is 11.3 Å². The second-order valence-electron chi connectivity index (χ2n) is 7.34. The van der Waals surface area contributed by atoms with Crippen LogP contribution in [0.4, 0.5) is 11.6 Å². The van der Waals surface area contributed by atoms with Crippen molar-refractivity contribution in [3.63, 3.8) is 0 Å². The number of allylic oxidation sites excluding steroid dienone is 1. The predicted molar refractivity (Wildman–Crippen MR) is 120 cm³/mol. The van der Waals surface area contributed by atoms with Crippen molar-refractivity contribution in [3.05, 3.63) is 65.1 Å². The smallest absolute Gasteiger partial charge is 0.255 e. The Labute approximate surface area is 186 Å². The lowest BCUT2D eigenvalue weighted by Crippen LogP contribution is -2.31. The highest BCUT2D eigenvalue weighted by Crippen LogP contribution is 2.43. The van der Waals surface area contributed by atoms with Crippen molar-refractivity contribution in [2.24, 2.45) is 0 Å². The van der Waals surface area contributed by atoms with E-state index >= 15 is 0 Å². The van der Waals surface area contributed by atoms with Gasteiger partial charge < -0.3 is 24.8 Å². The van der Waals surface area contributed by atoms with E-state index in [0.29, 0.717) is 40.2 Å².